The van der Waals surface area contributed by atoms with Crippen molar-refractivity contribution in [1.29, 1.82) is 0 Å². The first-order chi connectivity index (χ1) is 37.0. The fourth-order valence-electron chi connectivity index (χ4n) is 9.89. The smallest absolute Gasteiger partial charge is 0.247 e. The molecule has 0 atom stereocenters. The van der Waals surface area contributed by atoms with Crippen LogP contribution in [0.4, 0.5) is 46.0 Å². The average molecular weight is 1070 g/mol. The molecule has 3 aliphatic rings. The van der Waals surface area contributed by atoms with E-state index < -0.39 is 16.1 Å². The quantitative estimate of drug-likeness (QED) is 0.0532. The van der Waals surface area contributed by atoms with E-state index >= 15 is 0 Å². The van der Waals surface area contributed by atoms with Crippen LogP contribution >= 0.6 is 0 Å². The highest BCUT2D eigenvalue weighted by Gasteiger charge is 2.37. The Morgan fingerprint density at radius 3 is 1.97 bits per heavy atom. The second-order valence-corrected chi connectivity index (χ2v) is 21.7. The zero-order valence-corrected chi connectivity index (χ0v) is 44.9. The van der Waals surface area contributed by atoms with E-state index in [1.54, 1.807) is 37.2 Å². The van der Waals surface area contributed by atoms with Crippen LogP contribution in [0.3, 0.4) is 0 Å². The summed E-state index contributed by atoms with van der Waals surface area (Å²) in [6.45, 7) is 11.0. The average Bonchev–Trinajstić information content (AvgIpc) is 4.19. The number of nitrogens with one attached hydrogen (secondary N) is 6. The molecule has 3 fully saturated rings. The van der Waals surface area contributed by atoms with Crippen LogP contribution in [0.2, 0.25) is 0 Å². The number of carbonyl (C=O) groups excluding carboxylic acids is 2. The number of nitrogens with zero attached hydrogens (tertiary/aromatic N) is 11. The molecule has 24 nitrogen and oxygen atoms in total. The Hall–Kier alpha value is -8.26. The van der Waals surface area contributed by atoms with E-state index in [2.05, 4.69) is 83.2 Å². The normalized spacial score (nSPS) is 15.6. The third-order valence-electron chi connectivity index (χ3n) is 14.3. The number of hydrogen-bond donors (Lipinski definition) is 6. The van der Waals surface area contributed by atoms with Crippen LogP contribution in [0.25, 0.3) is 33.3 Å². The third kappa shape index (κ3) is 11.1. The van der Waals surface area contributed by atoms with Gasteiger partial charge in [-0.1, -0.05) is 13.2 Å². The molecule has 0 radical (unpaired) electrons. The van der Waals surface area contributed by atoms with Crippen molar-refractivity contribution >= 4 is 89.9 Å². The minimum atomic E-state index is -3.40. The van der Waals surface area contributed by atoms with Crippen LogP contribution in [0, 0.1) is 0 Å². The molecule has 77 heavy (non-hydrogen) atoms. The van der Waals surface area contributed by atoms with Gasteiger partial charge in [0.1, 0.15) is 28.9 Å². The van der Waals surface area contributed by atoms with Gasteiger partial charge in [-0.2, -0.15) is 24.4 Å². The zero-order valence-electron chi connectivity index (χ0n) is 44.0. The predicted octanol–water partition coefficient (Wildman–Crippen LogP) is 5.26. The van der Waals surface area contributed by atoms with Crippen molar-refractivity contribution in [3.63, 3.8) is 0 Å². The van der Waals surface area contributed by atoms with Crippen molar-refractivity contribution in [1.82, 2.24) is 53.8 Å². The van der Waals surface area contributed by atoms with Crippen LogP contribution in [-0.4, -0.2) is 173 Å². The maximum atomic E-state index is 12.9. The molecule has 3 saturated heterocycles. The monoisotopic (exact) mass is 1070 g/mol. The first-order valence-electron chi connectivity index (χ1n) is 25.0. The number of benzene rings is 2. The minimum absolute atomic E-state index is 0.0986. The number of aromatic nitrogens is 8. The molecule has 10 rings (SSSR count). The van der Waals surface area contributed by atoms with Gasteiger partial charge in [0, 0.05) is 93.0 Å². The van der Waals surface area contributed by atoms with E-state index in [0.29, 0.717) is 88.2 Å². The van der Waals surface area contributed by atoms with Crippen molar-refractivity contribution in [2.75, 3.05) is 112 Å². The topological polar surface area (TPSA) is 261 Å². The summed E-state index contributed by atoms with van der Waals surface area (Å²) < 4.78 is 45.9. The lowest BCUT2D eigenvalue weighted by Gasteiger charge is -2.46. The molecular weight excluding hydrogens is 1010 g/mol. The standard InChI is InChI=1S/C52H63N17O7S/c1-10-45(70)56-37-19-40(43(74-7)21-41(37)67-16-13-32(14-17-67)64(3)4)59-52-62-49-36(50(63-52)76-34-28-69(29-34)77(9,72)73)18-31(55-49)25-65(5)33-26-68(27-33)42-22-44(75-8)39(20-38(42)57-46(71)11-2)58-51-60-47(30-23-54-66(6)24-30)35-12-15-53-48(35)61-51/h10-12,15,18-24,32-34H,1-2,13-14,16-17,25-29H2,3-9H3,(H,56,70)(H,57,71)(H2,53,58,60,61)(H2,55,59,62,63). The van der Waals surface area contributed by atoms with Gasteiger partial charge in [0.15, 0.2) is 0 Å². The first-order valence-corrected chi connectivity index (χ1v) is 26.9. The van der Waals surface area contributed by atoms with Gasteiger partial charge < -0.3 is 60.1 Å². The number of likely N-dealkylation sites (N-methyl/N-ethyl adjacent to an activating group) is 1. The van der Waals surface area contributed by atoms with E-state index in [1.807, 2.05) is 50.8 Å². The fourth-order valence-corrected chi connectivity index (χ4v) is 10.8. The molecule has 5 aromatic heterocycles. The number of fused-ring (bicyclic) bond motifs is 2. The lowest BCUT2D eigenvalue weighted by Crippen LogP contribution is -2.58. The van der Waals surface area contributed by atoms with Crippen molar-refractivity contribution in [2.45, 2.75) is 37.6 Å². The largest absolute Gasteiger partial charge is 0.494 e. The van der Waals surface area contributed by atoms with Gasteiger partial charge in [0.05, 0.1) is 85.0 Å². The highest BCUT2D eigenvalue weighted by atomic mass is 32.2. The Balaban J connectivity index is 0.891. The van der Waals surface area contributed by atoms with Gasteiger partial charge in [-0.25, -0.2) is 13.4 Å². The summed E-state index contributed by atoms with van der Waals surface area (Å²) in [5.74, 6) is 1.03. The number of rotatable bonds is 20. The molecule has 3 aliphatic heterocycles. The third-order valence-corrected chi connectivity index (χ3v) is 15.5. The summed E-state index contributed by atoms with van der Waals surface area (Å²) in [5.41, 5.74) is 7.18. The van der Waals surface area contributed by atoms with E-state index in [4.69, 9.17) is 34.1 Å². The number of ether oxygens (including phenoxy) is 3. The van der Waals surface area contributed by atoms with Crippen LogP contribution in [0.15, 0.2) is 80.3 Å². The predicted molar refractivity (Wildman–Crippen MR) is 297 cm³/mol. The van der Waals surface area contributed by atoms with Crippen LogP contribution in [0.1, 0.15) is 18.5 Å². The van der Waals surface area contributed by atoms with Crippen molar-refractivity contribution in [2.24, 2.45) is 7.05 Å². The summed E-state index contributed by atoms with van der Waals surface area (Å²) in [6.07, 6.45) is 10.5. The second-order valence-electron chi connectivity index (χ2n) is 19.7. The Labute approximate surface area is 445 Å². The van der Waals surface area contributed by atoms with Crippen molar-refractivity contribution in [3.8, 4) is 28.6 Å². The summed E-state index contributed by atoms with van der Waals surface area (Å²) >= 11 is 0. The number of aryl methyl sites for hydroxylation is 1. The maximum absolute atomic E-state index is 12.9. The van der Waals surface area contributed by atoms with Crippen molar-refractivity contribution < 1.29 is 32.2 Å². The van der Waals surface area contributed by atoms with Gasteiger partial charge in [-0.3, -0.25) is 19.2 Å². The van der Waals surface area contributed by atoms with Crippen LogP contribution in [-0.2, 0) is 33.2 Å². The molecule has 7 aromatic rings. The lowest BCUT2D eigenvalue weighted by atomic mass is 10.0. The number of sulfonamides is 1. The molecule has 25 heteroatoms. The Kier molecular flexibility index (Phi) is 14.5. The summed E-state index contributed by atoms with van der Waals surface area (Å²) in [5, 5.41) is 18.4. The summed E-state index contributed by atoms with van der Waals surface area (Å²) in [7, 11) is 7.83. The summed E-state index contributed by atoms with van der Waals surface area (Å²) in [6, 6.07) is 11.8. The Morgan fingerprint density at radius 2 is 1.40 bits per heavy atom. The number of piperidine rings is 1. The number of aromatic amines is 2. The molecule has 0 aliphatic carbocycles. The molecule has 2 aromatic carbocycles. The number of carbonyl (C=O) groups is 2. The molecule has 0 spiro atoms. The van der Waals surface area contributed by atoms with E-state index in [1.165, 1.54) is 22.7 Å². The molecule has 0 bridgehead atoms. The van der Waals surface area contributed by atoms with Crippen LogP contribution < -0.4 is 45.3 Å². The zero-order chi connectivity index (χ0) is 54.3. The number of anilines is 8. The van der Waals surface area contributed by atoms with Gasteiger partial charge in [0.2, 0.25) is 39.6 Å². The van der Waals surface area contributed by atoms with Crippen LogP contribution in [0.5, 0.6) is 17.4 Å². The Bertz CT molecular complexity index is 3500. The fraction of sp³-hybridized carbons (Fsp3) is 0.365. The van der Waals surface area contributed by atoms with Crippen molar-refractivity contribution in [3.05, 3.63) is 86.0 Å². The molecule has 0 unspecified atom stereocenters. The molecule has 6 N–H and O–H groups in total. The minimum Gasteiger partial charge on any atom is -0.494 e. The summed E-state index contributed by atoms with van der Waals surface area (Å²) in [4.78, 5) is 60.5. The van der Waals surface area contributed by atoms with Gasteiger partial charge in [-0.15, -0.1) is 0 Å². The molecule has 0 saturated carbocycles. The first kappa shape index (κ1) is 52.2. The highest BCUT2D eigenvalue weighted by Crippen LogP contribution is 2.43. The second kappa shape index (κ2) is 21.4. The number of H-pyrrole nitrogens is 2. The number of hydrogen-bond acceptors (Lipinski definition) is 18. The Morgan fingerprint density at radius 1 is 0.792 bits per heavy atom. The van der Waals surface area contributed by atoms with E-state index in [-0.39, 0.29) is 42.8 Å². The van der Waals surface area contributed by atoms with E-state index in [9.17, 15) is 18.0 Å². The van der Waals surface area contributed by atoms with Gasteiger partial charge >= 0.3 is 0 Å². The van der Waals surface area contributed by atoms with Gasteiger partial charge in [0.25, 0.3) is 0 Å². The van der Waals surface area contributed by atoms with E-state index in [0.717, 1.165) is 53.9 Å². The lowest BCUT2D eigenvalue weighted by molar-refractivity contribution is -0.112. The molecule has 404 valence electrons. The maximum Gasteiger partial charge on any atom is 0.247 e. The highest BCUT2D eigenvalue weighted by molar-refractivity contribution is 7.88. The SMILES string of the molecule is C=CC(=O)Nc1cc(Nc2nc(OC3CN(S(C)(=O)=O)C3)c3cc(CN(C)C4CN(c5cc(OC)c(Nc6nc(-c7cnn(C)c7)c7cc[nH]c7n6)cc5NC(=O)C=C)C4)[nH]c3n2)c(OC)cc1N1CCC(N(C)C)CC1. The molecule has 8 heterocycles. The number of methoxy groups -OCH3 is 2. The molecular formula is C52H63N17O7S. The van der Waals surface area contributed by atoms with Gasteiger partial charge in [-0.05, 0) is 70.4 Å². The number of amides is 2. The molecule has 2 amide bonds.